The Labute approximate surface area is 85.9 Å². The van der Waals surface area contributed by atoms with E-state index in [4.69, 9.17) is 0 Å². The fourth-order valence-corrected chi connectivity index (χ4v) is 0.817. The molecule has 0 aliphatic carbocycles. The summed E-state index contributed by atoms with van der Waals surface area (Å²) in [4.78, 5) is 0. The number of allylic oxidation sites excluding steroid dienone is 1. The SMILES string of the molecule is C=C(C(F)C(F)C(F)F)C(F)C(F)C(F)F. The molecule has 0 aliphatic heterocycles. The average Bonchev–Trinajstić information content (AvgIpc) is 2.23. The van der Waals surface area contributed by atoms with Gasteiger partial charge in [-0.25, -0.2) is 35.1 Å². The third-order valence-electron chi connectivity index (χ3n) is 1.75. The van der Waals surface area contributed by atoms with Crippen molar-refractivity contribution in [3.8, 4) is 0 Å². The molecule has 0 saturated carbocycles. The minimum Gasteiger partial charge on any atom is -0.239 e. The van der Waals surface area contributed by atoms with E-state index in [2.05, 4.69) is 6.58 Å². The fraction of sp³-hybridized carbons (Fsp3) is 0.750. The molecule has 0 aromatic rings. The van der Waals surface area contributed by atoms with E-state index >= 15 is 0 Å². The molecule has 0 aliphatic rings. The zero-order valence-electron chi connectivity index (χ0n) is 7.69. The van der Waals surface area contributed by atoms with Crippen LogP contribution in [0.1, 0.15) is 0 Å². The molecule has 0 spiro atoms. The normalized spacial score (nSPS) is 19.6. The van der Waals surface area contributed by atoms with Gasteiger partial charge in [-0.1, -0.05) is 6.58 Å². The molecule has 4 atom stereocenters. The average molecular weight is 256 g/mol. The van der Waals surface area contributed by atoms with Crippen LogP contribution in [0.2, 0.25) is 0 Å². The lowest BCUT2D eigenvalue weighted by Crippen LogP contribution is -2.35. The smallest absolute Gasteiger partial charge is 0.239 e. The van der Waals surface area contributed by atoms with Gasteiger partial charge in [0.25, 0.3) is 12.9 Å². The Balaban J connectivity index is 4.55. The van der Waals surface area contributed by atoms with Gasteiger partial charge in [0.15, 0.2) is 24.7 Å². The molecule has 8 heteroatoms. The molecule has 0 saturated heterocycles. The van der Waals surface area contributed by atoms with Crippen molar-refractivity contribution in [1.82, 2.24) is 0 Å². The van der Waals surface area contributed by atoms with Crippen LogP contribution in [0.4, 0.5) is 35.1 Å². The lowest BCUT2D eigenvalue weighted by atomic mass is 10.0. The van der Waals surface area contributed by atoms with E-state index in [0.717, 1.165) is 0 Å². The summed E-state index contributed by atoms with van der Waals surface area (Å²) >= 11 is 0. The van der Waals surface area contributed by atoms with Crippen molar-refractivity contribution >= 4 is 0 Å². The van der Waals surface area contributed by atoms with Gasteiger partial charge >= 0.3 is 0 Å². The highest BCUT2D eigenvalue weighted by Gasteiger charge is 2.40. The molecule has 0 bridgehead atoms. The van der Waals surface area contributed by atoms with Crippen molar-refractivity contribution < 1.29 is 35.1 Å². The third kappa shape index (κ3) is 3.64. The van der Waals surface area contributed by atoms with E-state index < -0.39 is 43.1 Å². The van der Waals surface area contributed by atoms with Crippen LogP contribution in [0.5, 0.6) is 0 Å². The van der Waals surface area contributed by atoms with Crippen LogP contribution >= 0.6 is 0 Å². The summed E-state index contributed by atoms with van der Waals surface area (Å²) in [7, 11) is 0. The first-order valence-electron chi connectivity index (χ1n) is 4.01. The summed E-state index contributed by atoms with van der Waals surface area (Å²) in [5.74, 6) is 0. The monoisotopic (exact) mass is 256 g/mol. The first kappa shape index (κ1) is 15.2. The van der Waals surface area contributed by atoms with Crippen molar-refractivity contribution in [2.45, 2.75) is 37.5 Å². The summed E-state index contributed by atoms with van der Waals surface area (Å²) in [6.07, 6.45) is -20.8. The molecule has 4 unspecified atom stereocenters. The van der Waals surface area contributed by atoms with Crippen molar-refractivity contribution in [3.05, 3.63) is 12.2 Å². The first-order chi connectivity index (χ1) is 7.20. The Morgan fingerprint density at radius 3 is 1.06 bits per heavy atom. The molecule has 0 aromatic heterocycles. The highest BCUT2D eigenvalue weighted by Crippen LogP contribution is 2.27. The second-order valence-electron chi connectivity index (χ2n) is 2.94. The van der Waals surface area contributed by atoms with Crippen LogP contribution in [0.15, 0.2) is 12.2 Å². The number of hydrogen-bond acceptors (Lipinski definition) is 0. The maximum atomic E-state index is 12.7. The van der Waals surface area contributed by atoms with Gasteiger partial charge in [0.1, 0.15) is 0 Å². The summed E-state index contributed by atoms with van der Waals surface area (Å²) in [6.45, 7) is 2.46. The van der Waals surface area contributed by atoms with Gasteiger partial charge in [-0.3, -0.25) is 0 Å². The molecule has 0 radical (unpaired) electrons. The van der Waals surface area contributed by atoms with E-state index in [1.807, 2.05) is 0 Å². The quantitative estimate of drug-likeness (QED) is 0.504. The molecular formula is C8H8F8. The van der Waals surface area contributed by atoms with Gasteiger partial charge in [-0.2, -0.15) is 0 Å². The molecule has 0 N–H and O–H groups in total. The summed E-state index contributed by atoms with van der Waals surface area (Å²) < 4.78 is 96.6. The summed E-state index contributed by atoms with van der Waals surface area (Å²) in [6, 6.07) is 0. The van der Waals surface area contributed by atoms with Crippen LogP contribution in [0.25, 0.3) is 0 Å². The number of hydrogen-bond donors (Lipinski definition) is 0. The highest BCUT2D eigenvalue weighted by atomic mass is 19.3. The van der Waals surface area contributed by atoms with Gasteiger partial charge in [0, 0.05) is 0 Å². The molecule has 0 heterocycles. The maximum absolute atomic E-state index is 12.7. The van der Waals surface area contributed by atoms with Crippen molar-refractivity contribution in [1.29, 1.82) is 0 Å². The van der Waals surface area contributed by atoms with Crippen LogP contribution < -0.4 is 0 Å². The third-order valence-corrected chi connectivity index (χ3v) is 1.75. The molecule has 0 fully saturated rings. The largest absolute Gasteiger partial charge is 0.272 e. The Hall–Kier alpha value is -0.820. The lowest BCUT2D eigenvalue weighted by Gasteiger charge is -2.20. The Morgan fingerprint density at radius 2 is 0.875 bits per heavy atom. The van der Waals surface area contributed by atoms with Gasteiger partial charge in [-0.05, 0) is 5.57 Å². The second kappa shape index (κ2) is 6.05. The fourth-order valence-electron chi connectivity index (χ4n) is 0.817. The second-order valence-corrected chi connectivity index (χ2v) is 2.94. The number of halogens is 8. The molecule has 0 rings (SSSR count). The summed E-state index contributed by atoms with van der Waals surface area (Å²) in [5.41, 5.74) is -1.60. The van der Waals surface area contributed by atoms with Crippen molar-refractivity contribution in [2.75, 3.05) is 0 Å². The molecule has 0 nitrogen and oxygen atoms in total. The van der Waals surface area contributed by atoms with Crippen LogP contribution in [-0.2, 0) is 0 Å². The van der Waals surface area contributed by atoms with Gasteiger partial charge in [0.05, 0.1) is 0 Å². The lowest BCUT2D eigenvalue weighted by molar-refractivity contribution is -0.00882. The minimum absolute atomic E-state index is 1.60. The maximum Gasteiger partial charge on any atom is 0.272 e. The Bertz CT molecular complexity index is 206. The van der Waals surface area contributed by atoms with Gasteiger partial charge in [-0.15, -0.1) is 0 Å². The topological polar surface area (TPSA) is 0 Å². The predicted octanol–water partition coefficient (Wildman–Crippen LogP) is 3.43. The molecule has 0 amide bonds. The van der Waals surface area contributed by atoms with E-state index in [-0.39, 0.29) is 0 Å². The van der Waals surface area contributed by atoms with Crippen LogP contribution in [0.3, 0.4) is 0 Å². The zero-order valence-corrected chi connectivity index (χ0v) is 7.69. The minimum atomic E-state index is -3.77. The highest BCUT2D eigenvalue weighted by molar-refractivity contribution is 5.13. The van der Waals surface area contributed by atoms with E-state index in [9.17, 15) is 35.1 Å². The first-order valence-corrected chi connectivity index (χ1v) is 4.01. The summed E-state index contributed by atoms with van der Waals surface area (Å²) in [5, 5.41) is 0. The van der Waals surface area contributed by atoms with Crippen molar-refractivity contribution in [2.24, 2.45) is 0 Å². The molecule has 0 aromatic carbocycles. The number of rotatable bonds is 6. The van der Waals surface area contributed by atoms with Crippen molar-refractivity contribution in [3.63, 3.8) is 0 Å². The zero-order chi connectivity index (χ0) is 13.0. The van der Waals surface area contributed by atoms with Gasteiger partial charge < -0.3 is 0 Å². The van der Waals surface area contributed by atoms with Crippen LogP contribution in [-0.4, -0.2) is 37.5 Å². The Kier molecular flexibility index (Phi) is 5.74. The molecular weight excluding hydrogens is 248 g/mol. The van der Waals surface area contributed by atoms with E-state index in [1.54, 1.807) is 0 Å². The number of alkyl halides is 8. The molecule has 16 heavy (non-hydrogen) atoms. The predicted molar refractivity (Wildman–Crippen MR) is 40.7 cm³/mol. The van der Waals surface area contributed by atoms with E-state index in [1.165, 1.54) is 0 Å². The standard InChI is InChI=1S/C8H8F8/c1-2(3(9)5(11)7(13)14)4(10)6(12)8(15)16/h3-8H,1H2. The van der Waals surface area contributed by atoms with E-state index in [0.29, 0.717) is 0 Å². The Morgan fingerprint density at radius 1 is 0.625 bits per heavy atom. The molecule has 96 valence electrons. The van der Waals surface area contributed by atoms with Crippen LogP contribution in [0, 0.1) is 0 Å². The van der Waals surface area contributed by atoms with Gasteiger partial charge in [0.2, 0.25) is 0 Å².